The lowest BCUT2D eigenvalue weighted by molar-refractivity contribution is 0.582. The molecule has 1 aliphatic carbocycles. The Labute approximate surface area is 177 Å². The van der Waals surface area contributed by atoms with Crippen LogP contribution in [-0.4, -0.2) is 10.2 Å². The minimum atomic E-state index is 0.121. The number of rotatable bonds is 3. The number of benzene rings is 3. The van der Waals surface area contributed by atoms with Gasteiger partial charge in [-0.05, 0) is 63.9 Å². The van der Waals surface area contributed by atoms with E-state index < -0.39 is 0 Å². The van der Waals surface area contributed by atoms with E-state index in [2.05, 4.69) is 97.7 Å². The Balaban J connectivity index is 1.36. The summed E-state index contributed by atoms with van der Waals surface area (Å²) in [5.74, 6) is 1.09. The normalized spacial score (nSPS) is 13.2. The molecule has 30 heavy (non-hydrogen) atoms. The van der Waals surface area contributed by atoms with Crippen molar-refractivity contribution in [2.45, 2.75) is 32.6 Å². The summed E-state index contributed by atoms with van der Waals surface area (Å²) < 4.78 is 5.96. The first kappa shape index (κ1) is 18.6. The molecule has 0 saturated carbocycles. The molecule has 0 atom stereocenters. The predicted molar refractivity (Wildman–Crippen MR) is 122 cm³/mol. The van der Waals surface area contributed by atoms with Crippen LogP contribution in [0.25, 0.3) is 34.6 Å². The molecule has 5 rings (SSSR count). The van der Waals surface area contributed by atoms with Gasteiger partial charge in [-0.3, -0.25) is 0 Å². The van der Waals surface area contributed by atoms with Gasteiger partial charge in [-0.1, -0.05) is 75.4 Å². The Morgan fingerprint density at radius 3 is 1.87 bits per heavy atom. The van der Waals surface area contributed by atoms with Crippen LogP contribution < -0.4 is 0 Å². The fraction of sp³-hybridized carbons (Fsp3) is 0.185. The third kappa shape index (κ3) is 3.48. The van der Waals surface area contributed by atoms with Crippen LogP contribution in [0.3, 0.4) is 0 Å². The van der Waals surface area contributed by atoms with Crippen LogP contribution in [0.15, 0.2) is 77.2 Å². The van der Waals surface area contributed by atoms with Crippen molar-refractivity contribution in [2.24, 2.45) is 0 Å². The van der Waals surface area contributed by atoms with E-state index in [9.17, 15) is 0 Å². The highest BCUT2D eigenvalue weighted by atomic mass is 16.4. The van der Waals surface area contributed by atoms with Crippen molar-refractivity contribution in [3.05, 3.63) is 95.1 Å². The van der Waals surface area contributed by atoms with Crippen LogP contribution in [-0.2, 0) is 11.8 Å². The number of nitrogens with zero attached hydrogens (tertiary/aromatic N) is 2. The summed E-state index contributed by atoms with van der Waals surface area (Å²) >= 11 is 0. The molecule has 0 spiro atoms. The molecule has 0 unspecified atom stereocenters. The summed E-state index contributed by atoms with van der Waals surface area (Å²) in [6, 6.07) is 25.3. The number of aromatic nitrogens is 2. The van der Waals surface area contributed by atoms with E-state index in [4.69, 9.17) is 4.42 Å². The lowest BCUT2D eigenvalue weighted by atomic mass is 9.87. The molecule has 0 aliphatic heterocycles. The van der Waals surface area contributed by atoms with Gasteiger partial charge in [0.15, 0.2) is 0 Å². The summed E-state index contributed by atoms with van der Waals surface area (Å²) in [6.45, 7) is 6.62. The first-order valence-electron chi connectivity index (χ1n) is 10.3. The quantitative estimate of drug-likeness (QED) is 0.385. The molecule has 0 radical (unpaired) electrons. The Morgan fingerprint density at radius 2 is 1.27 bits per heavy atom. The van der Waals surface area contributed by atoms with Crippen LogP contribution >= 0.6 is 0 Å². The summed E-state index contributed by atoms with van der Waals surface area (Å²) in [7, 11) is 0. The summed E-state index contributed by atoms with van der Waals surface area (Å²) in [5, 5.41) is 8.52. The molecule has 0 fully saturated rings. The first-order chi connectivity index (χ1) is 14.5. The average Bonchev–Trinajstić information content (AvgIpc) is 3.41. The standard InChI is InChI=1S/C27H24N2O/c1-27(2,3)24-14-12-20(13-15-24)26-29-28-25(30-26)19-10-8-18(9-11-19)23-16-21-6-4-5-7-22(21)17-23/h4-16H,17H2,1-3H3. The van der Waals surface area contributed by atoms with E-state index in [1.54, 1.807) is 0 Å². The molecular formula is C27H24N2O. The van der Waals surface area contributed by atoms with Crippen LogP contribution in [0.2, 0.25) is 0 Å². The second kappa shape index (κ2) is 7.10. The number of hydrogen-bond donors (Lipinski definition) is 0. The van der Waals surface area contributed by atoms with E-state index >= 15 is 0 Å². The molecule has 4 aromatic rings. The van der Waals surface area contributed by atoms with Crippen molar-refractivity contribution in [3.8, 4) is 22.9 Å². The van der Waals surface area contributed by atoms with Gasteiger partial charge >= 0.3 is 0 Å². The van der Waals surface area contributed by atoms with E-state index in [-0.39, 0.29) is 5.41 Å². The fourth-order valence-electron chi connectivity index (χ4n) is 3.86. The van der Waals surface area contributed by atoms with Crippen molar-refractivity contribution in [1.29, 1.82) is 0 Å². The second-order valence-electron chi connectivity index (χ2n) is 8.86. The molecule has 0 saturated heterocycles. The summed E-state index contributed by atoms with van der Waals surface area (Å²) in [5.41, 5.74) is 8.54. The predicted octanol–water partition coefficient (Wildman–Crippen LogP) is 6.80. The highest BCUT2D eigenvalue weighted by molar-refractivity contribution is 5.88. The number of fused-ring (bicyclic) bond motifs is 1. The van der Waals surface area contributed by atoms with Crippen molar-refractivity contribution in [1.82, 2.24) is 10.2 Å². The summed E-state index contributed by atoms with van der Waals surface area (Å²) in [6.07, 6.45) is 3.25. The van der Waals surface area contributed by atoms with Gasteiger partial charge in [0.25, 0.3) is 0 Å². The van der Waals surface area contributed by atoms with Crippen LogP contribution in [0.4, 0.5) is 0 Å². The van der Waals surface area contributed by atoms with Gasteiger partial charge in [-0.2, -0.15) is 0 Å². The van der Waals surface area contributed by atoms with E-state index in [0.29, 0.717) is 11.8 Å². The molecule has 0 bridgehead atoms. The van der Waals surface area contributed by atoms with E-state index in [1.807, 2.05) is 12.1 Å². The SMILES string of the molecule is CC(C)(C)c1ccc(-c2nnc(-c3ccc(C4=Cc5ccccc5C4)cc3)o2)cc1. The smallest absolute Gasteiger partial charge is 0.248 e. The average molecular weight is 393 g/mol. The van der Waals surface area contributed by atoms with Crippen molar-refractivity contribution in [3.63, 3.8) is 0 Å². The lowest BCUT2D eigenvalue weighted by Gasteiger charge is -2.18. The van der Waals surface area contributed by atoms with Gasteiger partial charge in [0.2, 0.25) is 11.8 Å². The monoisotopic (exact) mass is 392 g/mol. The zero-order valence-electron chi connectivity index (χ0n) is 17.5. The summed E-state index contributed by atoms with van der Waals surface area (Å²) in [4.78, 5) is 0. The van der Waals surface area contributed by atoms with Gasteiger partial charge in [0.1, 0.15) is 0 Å². The molecule has 0 N–H and O–H groups in total. The van der Waals surface area contributed by atoms with Crippen molar-refractivity contribution in [2.75, 3.05) is 0 Å². The highest BCUT2D eigenvalue weighted by Gasteiger charge is 2.16. The molecule has 148 valence electrons. The Bertz CT molecular complexity index is 1220. The molecule has 1 heterocycles. The molecule has 1 aliphatic rings. The maximum atomic E-state index is 5.96. The zero-order chi connectivity index (χ0) is 20.7. The van der Waals surface area contributed by atoms with Gasteiger partial charge in [0.05, 0.1) is 0 Å². The van der Waals surface area contributed by atoms with Crippen LogP contribution in [0, 0.1) is 0 Å². The largest absolute Gasteiger partial charge is 0.416 e. The van der Waals surface area contributed by atoms with Crippen LogP contribution in [0.1, 0.15) is 43.0 Å². The Kier molecular flexibility index (Phi) is 4.39. The minimum absolute atomic E-state index is 0.121. The molecule has 3 heteroatoms. The Hall–Kier alpha value is -3.46. The number of hydrogen-bond acceptors (Lipinski definition) is 3. The van der Waals surface area contributed by atoms with Gasteiger partial charge in [-0.15, -0.1) is 10.2 Å². The third-order valence-corrected chi connectivity index (χ3v) is 5.69. The lowest BCUT2D eigenvalue weighted by Crippen LogP contribution is -2.10. The third-order valence-electron chi connectivity index (χ3n) is 5.69. The number of allylic oxidation sites excluding steroid dienone is 1. The van der Waals surface area contributed by atoms with E-state index in [1.165, 1.54) is 27.8 Å². The minimum Gasteiger partial charge on any atom is -0.416 e. The maximum absolute atomic E-state index is 5.96. The van der Waals surface area contributed by atoms with Gasteiger partial charge in [0, 0.05) is 11.1 Å². The zero-order valence-corrected chi connectivity index (χ0v) is 17.5. The second-order valence-corrected chi connectivity index (χ2v) is 8.86. The fourth-order valence-corrected chi connectivity index (χ4v) is 3.86. The van der Waals surface area contributed by atoms with Crippen molar-refractivity contribution < 1.29 is 4.42 Å². The van der Waals surface area contributed by atoms with Gasteiger partial charge in [-0.25, -0.2) is 0 Å². The molecule has 3 nitrogen and oxygen atoms in total. The molecule has 0 amide bonds. The molecule has 3 aromatic carbocycles. The molecular weight excluding hydrogens is 368 g/mol. The first-order valence-corrected chi connectivity index (χ1v) is 10.3. The Morgan fingerprint density at radius 1 is 0.700 bits per heavy atom. The van der Waals surface area contributed by atoms with Crippen molar-refractivity contribution >= 4 is 11.6 Å². The van der Waals surface area contributed by atoms with Crippen LogP contribution in [0.5, 0.6) is 0 Å². The topological polar surface area (TPSA) is 38.9 Å². The van der Waals surface area contributed by atoms with Gasteiger partial charge < -0.3 is 4.42 Å². The van der Waals surface area contributed by atoms with E-state index in [0.717, 1.165) is 17.5 Å². The maximum Gasteiger partial charge on any atom is 0.248 e. The highest BCUT2D eigenvalue weighted by Crippen LogP contribution is 2.33. The molecule has 1 aromatic heterocycles.